The fourth-order valence-corrected chi connectivity index (χ4v) is 3.36. The van der Waals surface area contributed by atoms with Crippen LogP contribution in [0.4, 0.5) is 16.2 Å². The number of alkyl carbamates (subject to hydrolysis) is 1. The van der Waals surface area contributed by atoms with Crippen molar-refractivity contribution in [1.82, 2.24) is 10.6 Å². The first kappa shape index (κ1) is 28.9. The van der Waals surface area contributed by atoms with E-state index >= 15 is 0 Å². The van der Waals surface area contributed by atoms with Gasteiger partial charge in [-0.15, -0.1) is 0 Å². The van der Waals surface area contributed by atoms with Crippen molar-refractivity contribution < 1.29 is 38.5 Å². The van der Waals surface area contributed by atoms with E-state index in [0.717, 1.165) is 17.7 Å². The fraction of sp³-hybridized carbons (Fsp3) is 0.154. The lowest BCUT2D eigenvalue weighted by molar-refractivity contribution is -0.394. The van der Waals surface area contributed by atoms with Crippen molar-refractivity contribution in [3.63, 3.8) is 0 Å². The lowest BCUT2D eigenvalue weighted by Gasteiger charge is -2.17. The molecule has 0 aliphatic carbocycles. The maximum Gasteiger partial charge on any atom is 0.407 e. The lowest BCUT2D eigenvalue weighted by atomic mass is 10.1. The predicted octanol–water partition coefficient (Wildman–Crippen LogP) is 2.84. The van der Waals surface area contributed by atoms with Crippen LogP contribution in [0.2, 0.25) is 0 Å². The predicted molar refractivity (Wildman–Crippen MR) is 137 cm³/mol. The van der Waals surface area contributed by atoms with Gasteiger partial charge in [0.2, 0.25) is 5.91 Å². The monoisotopic (exact) mass is 550 g/mol. The number of ether oxygens (including phenoxy) is 2. The lowest BCUT2D eigenvalue weighted by Crippen LogP contribution is -2.47. The zero-order valence-electron chi connectivity index (χ0n) is 20.7. The molecule has 2 amide bonds. The average molecular weight is 550 g/mol. The quantitative estimate of drug-likeness (QED) is 0.155. The molecule has 0 aliphatic heterocycles. The van der Waals surface area contributed by atoms with Crippen LogP contribution in [0.1, 0.15) is 21.5 Å². The maximum absolute atomic E-state index is 12.9. The Morgan fingerprint density at radius 1 is 0.800 bits per heavy atom. The van der Waals surface area contributed by atoms with Crippen LogP contribution in [0.3, 0.4) is 0 Å². The summed E-state index contributed by atoms with van der Waals surface area (Å²) in [5.41, 5.74) is -0.812. The van der Waals surface area contributed by atoms with E-state index in [0.29, 0.717) is 11.6 Å². The number of nitrogens with zero attached hydrogens (tertiary/aromatic N) is 2. The SMILES string of the molecule is O=C(CNC(=O)OCc1ccccc1)N[C@@H](Cc1ccccc1)C(=O)OC(=O)c1cc([N+](=O)[O-])cc([N+](=O)[O-])c1. The fourth-order valence-electron chi connectivity index (χ4n) is 3.36. The van der Waals surface area contributed by atoms with Crippen LogP contribution in [-0.4, -0.2) is 46.4 Å². The van der Waals surface area contributed by atoms with Crippen LogP contribution in [0.15, 0.2) is 78.9 Å². The minimum absolute atomic E-state index is 0.0326. The van der Waals surface area contributed by atoms with E-state index < -0.39 is 63.3 Å². The Hall–Kier alpha value is -5.66. The molecule has 1 atom stereocenters. The Kier molecular flexibility index (Phi) is 9.94. The van der Waals surface area contributed by atoms with E-state index in [1.165, 1.54) is 0 Å². The van der Waals surface area contributed by atoms with Gasteiger partial charge in [0, 0.05) is 18.6 Å². The summed E-state index contributed by atoms with van der Waals surface area (Å²) in [5, 5.41) is 26.8. The van der Waals surface area contributed by atoms with Crippen LogP contribution in [0, 0.1) is 20.2 Å². The summed E-state index contributed by atoms with van der Waals surface area (Å²) in [6, 6.07) is 17.9. The number of hydrogen-bond donors (Lipinski definition) is 2. The molecule has 0 heterocycles. The van der Waals surface area contributed by atoms with Gasteiger partial charge in [0.05, 0.1) is 21.5 Å². The van der Waals surface area contributed by atoms with Gasteiger partial charge >= 0.3 is 18.0 Å². The highest BCUT2D eigenvalue weighted by Gasteiger charge is 2.28. The Morgan fingerprint density at radius 3 is 1.90 bits per heavy atom. The molecule has 14 nitrogen and oxygen atoms in total. The second-order valence-corrected chi connectivity index (χ2v) is 8.19. The van der Waals surface area contributed by atoms with Gasteiger partial charge in [-0.25, -0.2) is 14.4 Å². The van der Waals surface area contributed by atoms with Crippen molar-refractivity contribution in [2.45, 2.75) is 19.1 Å². The van der Waals surface area contributed by atoms with Gasteiger partial charge in [0.15, 0.2) is 0 Å². The molecule has 0 radical (unpaired) electrons. The number of esters is 2. The first-order valence-corrected chi connectivity index (χ1v) is 11.6. The standard InChI is InChI=1S/C26H22N4O10/c31-23(15-27-26(34)39-16-18-9-5-2-6-10-18)28-22(11-17-7-3-1-4-8-17)25(33)40-24(32)19-12-20(29(35)36)14-21(13-19)30(37)38/h1-10,12-14,22H,11,15-16H2,(H,27,34)(H,28,31)/t22-/m0/s1. The number of carbonyl (C=O) groups is 4. The van der Waals surface area contributed by atoms with Crippen molar-refractivity contribution in [2.75, 3.05) is 6.54 Å². The minimum Gasteiger partial charge on any atom is -0.445 e. The smallest absolute Gasteiger partial charge is 0.407 e. The molecule has 3 aromatic carbocycles. The van der Waals surface area contributed by atoms with Crippen LogP contribution in [0.25, 0.3) is 0 Å². The van der Waals surface area contributed by atoms with E-state index in [4.69, 9.17) is 9.47 Å². The molecule has 0 fully saturated rings. The molecule has 0 bridgehead atoms. The second kappa shape index (κ2) is 13.8. The van der Waals surface area contributed by atoms with Gasteiger partial charge in [0.1, 0.15) is 19.2 Å². The highest BCUT2D eigenvalue weighted by molar-refractivity contribution is 6.00. The Morgan fingerprint density at radius 2 is 1.35 bits per heavy atom. The van der Waals surface area contributed by atoms with Crippen LogP contribution in [0.5, 0.6) is 0 Å². The van der Waals surface area contributed by atoms with Crippen molar-refractivity contribution >= 4 is 35.3 Å². The third kappa shape index (κ3) is 8.72. The summed E-state index contributed by atoms with van der Waals surface area (Å²) in [4.78, 5) is 70.2. The third-order valence-electron chi connectivity index (χ3n) is 5.26. The average Bonchev–Trinajstić information content (AvgIpc) is 2.95. The third-order valence-corrected chi connectivity index (χ3v) is 5.26. The zero-order chi connectivity index (χ0) is 29.1. The van der Waals surface area contributed by atoms with E-state index in [1.54, 1.807) is 60.7 Å². The van der Waals surface area contributed by atoms with Gasteiger partial charge in [-0.05, 0) is 11.1 Å². The topological polar surface area (TPSA) is 197 Å². The van der Waals surface area contributed by atoms with E-state index in [9.17, 15) is 39.4 Å². The molecule has 0 aromatic heterocycles. The number of non-ortho nitro benzene ring substituents is 2. The van der Waals surface area contributed by atoms with Gasteiger partial charge in [-0.2, -0.15) is 0 Å². The van der Waals surface area contributed by atoms with Crippen LogP contribution < -0.4 is 10.6 Å². The first-order valence-electron chi connectivity index (χ1n) is 11.6. The van der Waals surface area contributed by atoms with Crippen molar-refractivity contribution in [3.05, 3.63) is 116 Å². The number of hydrogen-bond acceptors (Lipinski definition) is 10. The Labute approximate surface area is 226 Å². The van der Waals surface area contributed by atoms with E-state index in [2.05, 4.69) is 10.6 Å². The molecule has 2 N–H and O–H groups in total. The van der Waals surface area contributed by atoms with Crippen LogP contribution >= 0.6 is 0 Å². The molecule has 0 unspecified atom stereocenters. The number of rotatable bonds is 11. The number of nitro benzene ring substituents is 2. The van der Waals surface area contributed by atoms with E-state index in [-0.39, 0.29) is 13.0 Å². The van der Waals surface area contributed by atoms with E-state index in [1.807, 2.05) is 0 Å². The molecule has 0 saturated heterocycles. The second-order valence-electron chi connectivity index (χ2n) is 8.19. The largest absolute Gasteiger partial charge is 0.445 e. The van der Waals surface area contributed by atoms with Gasteiger partial charge in [-0.1, -0.05) is 60.7 Å². The molecule has 0 saturated carbocycles. The Balaban J connectivity index is 1.66. The summed E-state index contributed by atoms with van der Waals surface area (Å²) in [7, 11) is 0. The molecule has 3 rings (SSSR count). The highest BCUT2D eigenvalue weighted by Crippen LogP contribution is 2.23. The van der Waals surface area contributed by atoms with Crippen LogP contribution in [-0.2, 0) is 32.1 Å². The summed E-state index contributed by atoms with van der Waals surface area (Å²) >= 11 is 0. The molecule has 14 heteroatoms. The summed E-state index contributed by atoms with van der Waals surface area (Å²) < 4.78 is 9.82. The summed E-state index contributed by atoms with van der Waals surface area (Å²) in [6.07, 6.45) is -1.00. The molecule has 0 aliphatic rings. The van der Waals surface area contributed by atoms with Gasteiger partial charge in [-0.3, -0.25) is 25.0 Å². The molecule has 3 aromatic rings. The maximum atomic E-state index is 12.9. The number of benzene rings is 3. The Bertz CT molecular complexity index is 1380. The molecule has 40 heavy (non-hydrogen) atoms. The number of carbonyl (C=O) groups excluding carboxylic acids is 4. The zero-order valence-corrected chi connectivity index (χ0v) is 20.7. The number of amides is 2. The number of nitrogens with one attached hydrogen (secondary N) is 2. The summed E-state index contributed by atoms with van der Waals surface area (Å²) in [6.45, 7) is -0.605. The minimum atomic E-state index is -1.42. The number of nitro groups is 2. The molecule has 206 valence electrons. The normalized spacial score (nSPS) is 11.0. The highest BCUT2D eigenvalue weighted by atomic mass is 16.6. The van der Waals surface area contributed by atoms with Gasteiger partial charge < -0.3 is 20.1 Å². The molecular weight excluding hydrogens is 528 g/mol. The van der Waals surface area contributed by atoms with Gasteiger partial charge in [0.25, 0.3) is 11.4 Å². The van der Waals surface area contributed by atoms with Crippen molar-refractivity contribution in [1.29, 1.82) is 0 Å². The molecule has 0 spiro atoms. The van der Waals surface area contributed by atoms with Crippen molar-refractivity contribution in [3.8, 4) is 0 Å². The summed E-state index contributed by atoms with van der Waals surface area (Å²) in [5.74, 6) is -3.44. The first-order chi connectivity index (χ1) is 19.1. The van der Waals surface area contributed by atoms with Crippen molar-refractivity contribution in [2.24, 2.45) is 0 Å². The molecular formula is C26H22N4O10.